The van der Waals surface area contributed by atoms with Gasteiger partial charge in [0.15, 0.2) is 12.4 Å². The Morgan fingerprint density at radius 3 is 1.43 bits per heavy atom. The molecule has 0 bridgehead atoms. The van der Waals surface area contributed by atoms with Gasteiger partial charge in [0.25, 0.3) is 5.91 Å². The Labute approximate surface area is 350 Å². The summed E-state index contributed by atoms with van der Waals surface area (Å²) in [6, 6.07) is 38.6. The maximum atomic E-state index is 12.8. The van der Waals surface area contributed by atoms with Crippen LogP contribution >= 0.6 is 0 Å². The highest BCUT2D eigenvalue weighted by Gasteiger charge is 2.11. The molecule has 5 aromatic carbocycles. The van der Waals surface area contributed by atoms with Gasteiger partial charge in [-0.1, -0.05) is 47.5 Å². The minimum absolute atomic E-state index is 0.178. The Morgan fingerprint density at radius 2 is 1.02 bits per heavy atom. The van der Waals surface area contributed by atoms with Gasteiger partial charge in [-0.25, -0.2) is 16.8 Å². The molecule has 0 saturated carbocycles. The summed E-state index contributed by atoms with van der Waals surface area (Å²) in [6.45, 7) is 9.61. The van der Waals surface area contributed by atoms with Gasteiger partial charge >= 0.3 is 0 Å². The lowest BCUT2D eigenvalue weighted by molar-refractivity contribution is -0.668. The van der Waals surface area contributed by atoms with Crippen LogP contribution in [0.4, 0.5) is 11.4 Å². The van der Waals surface area contributed by atoms with Gasteiger partial charge in [0.2, 0.25) is 16.9 Å². The van der Waals surface area contributed by atoms with Crippen molar-refractivity contribution in [3.05, 3.63) is 174 Å². The standard InChI is InChI=1S/C32H28N4O2.2C7H8O3S/c1-3-35-19-5-7-25-21-27(14-16-29(25)35)33-31(37)18-11-23-9-12-24(13-10-23)32(38)34-28-15-17-30-26(22-28)8-6-20-36(30)4-2;2*1-6-2-4-7(5-3-6)11(8,9)10/h5-22H,3-4H2,1-2H3;2*2-5H,1H3,(H,8,9,10)/b18-11+;;. The molecule has 0 fully saturated rings. The fourth-order valence-corrected chi connectivity index (χ4v) is 6.92. The smallest absolute Gasteiger partial charge is 0.255 e. The van der Waals surface area contributed by atoms with Crippen LogP contribution in [0.3, 0.4) is 0 Å². The van der Waals surface area contributed by atoms with Crippen LogP contribution in [0.2, 0.25) is 0 Å². The summed E-state index contributed by atoms with van der Waals surface area (Å²) in [7, 11) is -8.54. The Kier molecular flexibility index (Phi) is 14.8. The number of carbonyl (C=O) groups is 2. The van der Waals surface area contributed by atoms with E-state index >= 15 is 0 Å². The number of aromatic nitrogens is 2. The van der Waals surface area contributed by atoms with Crippen LogP contribution in [0, 0.1) is 13.8 Å². The third-order valence-corrected chi connectivity index (χ3v) is 10.9. The summed E-state index contributed by atoms with van der Waals surface area (Å²) in [5.74, 6) is -0.399. The number of carbonyl (C=O) groups excluding carboxylic acids is 2. The number of fused-ring (bicyclic) bond motifs is 2. The molecule has 0 spiro atoms. The molecule has 2 N–H and O–H groups in total. The Balaban J connectivity index is 0.000000252. The summed E-state index contributed by atoms with van der Waals surface area (Å²) < 4.78 is 66.7. The lowest BCUT2D eigenvalue weighted by atomic mass is 10.1. The maximum absolute atomic E-state index is 12.8. The lowest BCUT2D eigenvalue weighted by Gasteiger charge is -2.07. The maximum Gasteiger partial charge on any atom is 0.255 e. The topological polar surface area (TPSA) is 180 Å². The lowest BCUT2D eigenvalue weighted by Crippen LogP contribution is -2.32. The number of hydrogen-bond donors (Lipinski definition) is 2. The Hall–Kier alpha value is -6.58. The van der Waals surface area contributed by atoms with Gasteiger partial charge in [-0.2, -0.15) is 9.13 Å². The number of benzene rings is 5. The number of pyridine rings is 2. The number of aryl methyl sites for hydroxylation is 4. The van der Waals surface area contributed by atoms with E-state index < -0.39 is 20.2 Å². The van der Waals surface area contributed by atoms with Crippen molar-refractivity contribution in [2.75, 3.05) is 10.6 Å². The summed E-state index contributed by atoms with van der Waals surface area (Å²) in [5, 5.41) is 8.03. The van der Waals surface area contributed by atoms with E-state index in [4.69, 9.17) is 0 Å². The minimum atomic E-state index is -4.27. The van der Waals surface area contributed by atoms with Crippen LogP contribution in [-0.4, -0.2) is 37.8 Å². The Morgan fingerprint density at radius 1 is 0.583 bits per heavy atom. The predicted octanol–water partition coefficient (Wildman–Crippen LogP) is 7.31. The average molecular weight is 845 g/mol. The molecule has 308 valence electrons. The number of rotatable bonds is 9. The minimum Gasteiger partial charge on any atom is -0.744 e. The first kappa shape index (κ1) is 44.5. The molecule has 0 aliphatic heterocycles. The third-order valence-electron chi connectivity index (χ3n) is 9.18. The predicted molar refractivity (Wildman–Crippen MR) is 230 cm³/mol. The second-order valence-electron chi connectivity index (χ2n) is 13.6. The van der Waals surface area contributed by atoms with E-state index in [-0.39, 0.29) is 21.6 Å². The summed E-state index contributed by atoms with van der Waals surface area (Å²) in [5.41, 5.74) is 6.96. The number of hydrogen-bond acceptors (Lipinski definition) is 8. The zero-order chi connectivity index (χ0) is 43.5. The van der Waals surface area contributed by atoms with Crippen molar-refractivity contribution in [2.24, 2.45) is 0 Å². The summed E-state index contributed by atoms with van der Waals surface area (Å²) >= 11 is 0. The van der Waals surface area contributed by atoms with Crippen LogP contribution in [0.25, 0.3) is 27.9 Å². The van der Waals surface area contributed by atoms with E-state index in [1.54, 1.807) is 42.5 Å². The molecule has 12 nitrogen and oxygen atoms in total. The van der Waals surface area contributed by atoms with Crippen molar-refractivity contribution >= 4 is 71.3 Å². The zero-order valence-electron chi connectivity index (χ0n) is 33.4. The van der Waals surface area contributed by atoms with Crippen molar-refractivity contribution in [1.82, 2.24) is 0 Å². The first-order valence-corrected chi connectivity index (χ1v) is 21.7. The fourth-order valence-electron chi connectivity index (χ4n) is 5.98. The molecular formula is C46H44N4O8S2. The highest BCUT2D eigenvalue weighted by molar-refractivity contribution is 7.86. The van der Waals surface area contributed by atoms with Gasteiger partial charge in [0.1, 0.15) is 33.3 Å². The molecule has 2 amide bonds. The molecule has 60 heavy (non-hydrogen) atoms. The molecule has 0 radical (unpaired) electrons. The number of anilines is 2. The van der Waals surface area contributed by atoms with Crippen molar-refractivity contribution in [3.8, 4) is 0 Å². The van der Waals surface area contributed by atoms with Crippen molar-refractivity contribution < 1.29 is 44.7 Å². The number of nitrogens with one attached hydrogen (secondary N) is 2. The molecule has 0 aliphatic rings. The zero-order valence-corrected chi connectivity index (χ0v) is 35.0. The third kappa shape index (κ3) is 12.5. The van der Waals surface area contributed by atoms with E-state index in [1.807, 2.05) is 99.0 Å². The molecule has 7 rings (SSSR count). The van der Waals surface area contributed by atoms with Crippen LogP contribution in [-0.2, 0) is 38.1 Å². The monoisotopic (exact) mass is 844 g/mol. The van der Waals surface area contributed by atoms with Gasteiger partial charge in [-0.3, -0.25) is 9.59 Å². The quantitative estimate of drug-likeness (QED) is 0.0862. The fraction of sp³-hybridized carbons (Fsp3) is 0.130. The van der Waals surface area contributed by atoms with Gasteiger partial charge < -0.3 is 19.7 Å². The van der Waals surface area contributed by atoms with E-state index in [2.05, 4.69) is 33.6 Å². The molecule has 0 aliphatic carbocycles. The van der Waals surface area contributed by atoms with Gasteiger partial charge in [0.05, 0.1) is 9.79 Å². The van der Waals surface area contributed by atoms with E-state index in [0.717, 1.165) is 63.0 Å². The van der Waals surface area contributed by atoms with Gasteiger partial charge in [-0.15, -0.1) is 0 Å². The number of nitrogens with zero attached hydrogens (tertiary/aromatic N) is 2. The number of amides is 2. The highest BCUT2D eigenvalue weighted by Crippen LogP contribution is 2.19. The van der Waals surface area contributed by atoms with Crippen LogP contribution in [0.15, 0.2) is 162 Å². The second-order valence-corrected chi connectivity index (χ2v) is 16.3. The van der Waals surface area contributed by atoms with E-state index in [0.29, 0.717) is 5.56 Å². The first-order valence-electron chi connectivity index (χ1n) is 18.8. The molecule has 14 heteroatoms. The van der Waals surface area contributed by atoms with Crippen molar-refractivity contribution in [1.29, 1.82) is 0 Å². The summed E-state index contributed by atoms with van der Waals surface area (Å²) in [4.78, 5) is 24.9. The molecule has 2 heterocycles. The Bertz CT molecular complexity index is 2810. The summed E-state index contributed by atoms with van der Waals surface area (Å²) in [6.07, 6.45) is 7.32. The highest BCUT2D eigenvalue weighted by atomic mass is 32.2. The molecule has 0 saturated heterocycles. The van der Waals surface area contributed by atoms with Gasteiger partial charge in [0, 0.05) is 58.1 Å². The second kappa shape index (κ2) is 19.9. The van der Waals surface area contributed by atoms with Crippen molar-refractivity contribution in [2.45, 2.75) is 50.6 Å². The molecular weight excluding hydrogens is 801 g/mol. The van der Waals surface area contributed by atoms with E-state index in [1.165, 1.54) is 30.3 Å². The van der Waals surface area contributed by atoms with Crippen LogP contribution < -0.4 is 19.8 Å². The molecule has 2 aromatic heterocycles. The normalized spacial score (nSPS) is 11.3. The van der Waals surface area contributed by atoms with E-state index in [9.17, 15) is 35.5 Å². The van der Waals surface area contributed by atoms with Gasteiger partial charge in [-0.05, 0) is 112 Å². The van der Waals surface area contributed by atoms with Crippen LogP contribution in [0.1, 0.15) is 40.9 Å². The molecule has 0 atom stereocenters. The average Bonchev–Trinajstić information content (AvgIpc) is 3.22. The SMILES string of the molecule is CC[n+]1cccc2cc(NC(=O)/C=C/c3ccc(C(=O)Nc4ccc5c(ccc[n+]5CC)c4)cc3)ccc21.Cc1ccc(S(=O)(=O)[O-])cc1.Cc1ccc(S(=O)(=O)[O-])cc1. The molecule has 0 unspecified atom stereocenters. The molecule has 7 aromatic rings. The largest absolute Gasteiger partial charge is 0.744 e. The van der Waals surface area contributed by atoms with Crippen molar-refractivity contribution in [3.63, 3.8) is 0 Å². The first-order chi connectivity index (χ1) is 28.5. The van der Waals surface area contributed by atoms with Crippen LogP contribution in [0.5, 0.6) is 0 Å².